The van der Waals surface area contributed by atoms with E-state index < -0.39 is 12.5 Å². The molecule has 0 aliphatic rings. The predicted octanol–water partition coefficient (Wildman–Crippen LogP) is 1.20. The summed E-state index contributed by atoms with van der Waals surface area (Å²) < 4.78 is 5.39. The fourth-order valence-corrected chi connectivity index (χ4v) is 1.59. The molecular weight excluding hydrogens is 244 g/mol. The van der Waals surface area contributed by atoms with Gasteiger partial charge in [-0.05, 0) is 25.9 Å². The van der Waals surface area contributed by atoms with Crippen molar-refractivity contribution in [3.63, 3.8) is 0 Å². The highest BCUT2D eigenvalue weighted by atomic mass is 16.5. The summed E-state index contributed by atoms with van der Waals surface area (Å²) in [5, 5.41) is 25.2. The Labute approximate surface area is 117 Å². The molecule has 2 atom stereocenters. The third-order valence-corrected chi connectivity index (χ3v) is 2.89. The summed E-state index contributed by atoms with van der Waals surface area (Å²) in [6.07, 6.45) is 4.60. The second kappa shape index (κ2) is 14.2. The first-order chi connectivity index (χ1) is 9.20. The minimum absolute atomic E-state index is 0.487. The first-order valence-electron chi connectivity index (χ1n) is 7.61. The van der Waals surface area contributed by atoms with Crippen LogP contribution in [0.3, 0.4) is 0 Å². The third-order valence-electron chi connectivity index (χ3n) is 2.89. The van der Waals surface area contributed by atoms with Crippen molar-refractivity contribution in [2.24, 2.45) is 0 Å². The molecule has 0 bridgehead atoms. The molecule has 2 unspecified atom stereocenters. The van der Waals surface area contributed by atoms with Crippen LogP contribution in [0, 0.1) is 0 Å². The van der Waals surface area contributed by atoms with E-state index in [2.05, 4.69) is 24.5 Å². The molecule has 4 N–H and O–H groups in total. The van der Waals surface area contributed by atoms with E-state index in [1.54, 1.807) is 0 Å². The van der Waals surface area contributed by atoms with Crippen molar-refractivity contribution in [3.05, 3.63) is 0 Å². The lowest BCUT2D eigenvalue weighted by Gasteiger charge is -2.14. The summed E-state index contributed by atoms with van der Waals surface area (Å²) in [6.45, 7) is 6.97. The van der Waals surface area contributed by atoms with E-state index in [1.807, 2.05) is 0 Å². The molecular formula is C14H32N2O3. The fraction of sp³-hybridized carbons (Fsp3) is 1.00. The zero-order valence-electron chi connectivity index (χ0n) is 12.5. The van der Waals surface area contributed by atoms with E-state index in [9.17, 15) is 10.2 Å². The van der Waals surface area contributed by atoms with Crippen molar-refractivity contribution in [1.29, 1.82) is 0 Å². The third kappa shape index (κ3) is 14.0. The number of nitrogens with one attached hydrogen (secondary N) is 2. The lowest BCUT2D eigenvalue weighted by molar-refractivity contribution is 0.0405. The zero-order chi connectivity index (χ0) is 14.3. The Bertz CT molecular complexity index is 164. The van der Waals surface area contributed by atoms with Gasteiger partial charge in [-0.3, -0.25) is 10.6 Å². The van der Waals surface area contributed by atoms with Crippen molar-refractivity contribution in [2.75, 3.05) is 26.3 Å². The average molecular weight is 276 g/mol. The van der Waals surface area contributed by atoms with E-state index >= 15 is 0 Å². The van der Waals surface area contributed by atoms with Crippen LogP contribution in [0.25, 0.3) is 0 Å². The van der Waals surface area contributed by atoms with Crippen molar-refractivity contribution in [2.45, 2.75) is 64.8 Å². The van der Waals surface area contributed by atoms with Gasteiger partial charge in [0.15, 0.2) is 0 Å². The average Bonchev–Trinajstić information content (AvgIpc) is 2.39. The second-order valence-corrected chi connectivity index (χ2v) is 4.84. The molecule has 116 valence electrons. The molecule has 5 heteroatoms. The van der Waals surface area contributed by atoms with Crippen LogP contribution >= 0.6 is 0 Å². The Balaban J connectivity index is 3.24. The van der Waals surface area contributed by atoms with Crippen LogP contribution in [0.5, 0.6) is 0 Å². The van der Waals surface area contributed by atoms with E-state index in [0.717, 1.165) is 38.8 Å². The number of hydrogen-bond acceptors (Lipinski definition) is 5. The van der Waals surface area contributed by atoms with Gasteiger partial charge in [0.25, 0.3) is 0 Å². The summed E-state index contributed by atoms with van der Waals surface area (Å²) >= 11 is 0. The highest BCUT2D eigenvalue weighted by Crippen LogP contribution is 1.94. The van der Waals surface area contributed by atoms with Gasteiger partial charge in [0, 0.05) is 12.8 Å². The Morgan fingerprint density at radius 1 is 0.842 bits per heavy atom. The molecule has 0 aromatic rings. The summed E-state index contributed by atoms with van der Waals surface area (Å²) in [5.41, 5.74) is 0. The summed E-state index contributed by atoms with van der Waals surface area (Å²) in [4.78, 5) is 0. The summed E-state index contributed by atoms with van der Waals surface area (Å²) in [7, 11) is 0. The Hall–Kier alpha value is -0.200. The molecule has 0 aromatic carbocycles. The molecule has 0 aliphatic heterocycles. The van der Waals surface area contributed by atoms with E-state index in [4.69, 9.17) is 4.74 Å². The smallest absolute Gasteiger partial charge is 0.107 e. The maximum absolute atomic E-state index is 9.57. The van der Waals surface area contributed by atoms with Gasteiger partial charge >= 0.3 is 0 Å². The molecule has 0 amide bonds. The van der Waals surface area contributed by atoms with E-state index in [1.165, 1.54) is 0 Å². The lowest BCUT2D eigenvalue weighted by Crippen LogP contribution is -2.32. The fourth-order valence-electron chi connectivity index (χ4n) is 1.59. The van der Waals surface area contributed by atoms with E-state index in [-0.39, 0.29) is 0 Å². The van der Waals surface area contributed by atoms with Gasteiger partial charge in [-0.25, -0.2) is 0 Å². The van der Waals surface area contributed by atoms with Crippen molar-refractivity contribution < 1.29 is 14.9 Å². The molecule has 19 heavy (non-hydrogen) atoms. The maximum Gasteiger partial charge on any atom is 0.107 e. The normalized spacial score (nSPS) is 14.5. The minimum Gasteiger partial charge on any atom is -0.381 e. The van der Waals surface area contributed by atoms with Crippen LogP contribution in [0.4, 0.5) is 0 Å². The number of unbranched alkanes of at least 4 members (excludes halogenated alkanes) is 2. The van der Waals surface area contributed by atoms with Gasteiger partial charge in [0.1, 0.15) is 12.5 Å². The standard InChI is InChI=1S/C14H32N2O3/c1-3-5-9-15-13(17)7-11-19-12-8-14(18)16-10-6-4-2/h13-18H,3-12H2,1-2H3. The van der Waals surface area contributed by atoms with Gasteiger partial charge in [0.05, 0.1) is 13.2 Å². The number of hydrogen-bond donors (Lipinski definition) is 4. The van der Waals surface area contributed by atoms with Crippen LogP contribution in [0.1, 0.15) is 52.4 Å². The van der Waals surface area contributed by atoms with Gasteiger partial charge in [-0.15, -0.1) is 0 Å². The van der Waals surface area contributed by atoms with Gasteiger partial charge < -0.3 is 14.9 Å². The number of aliphatic hydroxyl groups excluding tert-OH is 2. The molecule has 0 heterocycles. The van der Waals surface area contributed by atoms with Gasteiger partial charge in [-0.2, -0.15) is 0 Å². The predicted molar refractivity (Wildman–Crippen MR) is 77.9 cm³/mol. The van der Waals surface area contributed by atoms with E-state index in [0.29, 0.717) is 26.1 Å². The largest absolute Gasteiger partial charge is 0.381 e. The minimum atomic E-state index is -0.487. The van der Waals surface area contributed by atoms with Gasteiger partial charge in [0.2, 0.25) is 0 Å². The van der Waals surface area contributed by atoms with Crippen LogP contribution in [-0.4, -0.2) is 49.0 Å². The molecule has 0 aromatic heterocycles. The van der Waals surface area contributed by atoms with Crippen molar-refractivity contribution in [1.82, 2.24) is 10.6 Å². The molecule has 0 spiro atoms. The van der Waals surface area contributed by atoms with Crippen LogP contribution < -0.4 is 10.6 Å². The second-order valence-electron chi connectivity index (χ2n) is 4.84. The number of aliphatic hydroxyl groups is 2. The Morgan fingerprint density at radius 3 is 1.63 bits per heavy atom. The summed E-state index contributed by atoms with van der Waals surface area (Å²) in [5.74, 6) is 0. The first kappa shape index (κ1) is 18.8. The van der Waals surface area contributed by atoms with Crippen LogP contribution in [-0.2, 0) is 4.74 Å². The first-order valence-corrected chi connectivity index (χ1v) is 7.61. The highest BCUT2D eigenvalue weighted by molar-refractivity contribution is 4.55. The number of ether oxygens (including phenoxy) is 1. The highest BCUT2D eigenvalue weighted by Gasteiger charge is 2.04. The molecule has 0 saturated carbocycles. The maximum atomic E-state index is 9.57. The zero-order valence-corrected chi connectivity index (χ0v) is 12.5. The van der Waals surface area contributed by atoms with Crippen molar-refractivity contribution >= 4 is 0 Å². The molecule has 0 aliphatic carbocycles. The topological polar surface area (TPSA) is 73.8 Å². The molecule has 0 saturated heterocycles. The Kier molecular flexibility index (Phi) is 14.1. The van der Waals surface area contributed by atoms with Crippen LogP contribution in [0.2, 0.25) is 0 Å². The Morgan fingerprint density at radius 2 is 1.26 bits per heavy atom. The molecule has 0 radical (unpaired) electrons. The lowest BCUT2D eigenvalue weighted by atomic mass is 10.3. The summed E-state index contributed by atoms with van der Waals surface area (Å²) in [6, 6.07) is 0. The monoisotopic (exact) mass is 276 g/mol. The quantitative estimate of drug-likeness (QED) is 0.283. The SMILES string of the molecule is CCCCNC(O)CCOCCC(O)NCCCC. The molecule has 0 rings (SSSR count). The van der Waals surface area contributed by atoms with Gasteiger partial charge in [-0.1, -0.05) is 26.7 Å². The molecule has 5 nitrogen and oxygen atoms in total. The number of rotatable bonds is 14. The van der Waals surface area contributed by atoms with Crippen LogP contribution in [0.15, 0.2) is 0 Å². The van der Waals surface area contributed by atoms with Crippen molar-refractivity contribution in [3.8, 4) is 0 Å². The molecule has 0 fully saturated rings.